The van der Waals surface area contributed by atoms with Crippen molar-refractivity contribution in [3.05, 3.63) is 29.3 Å². The van der Waals surface area contributed by atoms with E-state index in [1.54, 1.807) is 12.1 Å². The number of halogens is 1. The minimum atomic E-state index is -0.0206. The number of hydrogen-bond acceptors (Lipinski definition) is 3. The molecule has 0 aliphatic carbocycles. The molecule has 1 aliphatic heterocycles. The summed E-state index contributed by atoms with van der Waals surface area (Å²) in [5.41, 5.74) is 0. The third kappa shape index (κ3) is 4.58. The average molecular weight is 298 g/mol. The Kier molecular flexibility index (Phi) is 5.49. The summed E-state index contributed by atoms with van der Waals surface area (Å²) >= 11 is 5.86. The monoisotopic (exact) mass is 297 g/mol. The first-order valence-corrected chi connectivity index (χ1v) is 7.12. The topological polar surface area (TPSA) is 44.8 Å². The summed E-state index contributed by atoms with van der Waals surface area (Å²) in [6, 6.07) is 7.20. The minimum Gasteiger partial charge on any atom is -0.492 e. The smallest absolute Gasteiger partial charge is 0.317 e. The van der Waals surface area contributed by atoms with Crippen molar-refractivity contribution in [2.45, 2.75) is 0 Å². The molecule has 1 aromatic carbocycles. The van der Waals surface area contributed by atoms with Crippen molar-refractivity contribution in [1.82, 2.24) is 15.1 Å². The van der Waals surface area contributed by atoms with Gasteiger partial charge in [0, 0.05) is 31.2 Å². The van der Waals surface area contributed by atoms with Gasteiger partial charge >= 0.3 is 6.03 Å². The number of amides is 2. The molecule has 1 fully saturated rings. The lowest BCUT2D eigenvalue weighted by Crippen LogP contribution is -2.51. The minimum absolute atomic E-state index is 0.0206. The highest BCUT2D eigenvalue weighted by molar-refractivity contribution is 6.30. The standard InChI is InChI=1S/C14H20ClN3O2/c1-17-6-8-18(9-7-17)14(19)16-5-10-20-13-4-2-3-12(15)11-13/h2-4,11H,5-10H2,1H3,(H,16,19). The predicted molar refractivity (Wildman–Crippen MR) is 79.4 cm³/mol. The van der Waals surface area contributed by atoms with Gasteiger partial charge in [-0.15, -0.1) is 0 Å². The fraction of sp³-hybridized carbons (Fsp3) is 0.500. The molecule has 0 aromatic heterocycles. The number of ether oxygens (including phenoxy) is 1. The molecule has 0 radical (unpaired) electrons. The van der Waals surface area contributed by atoms with E-state index < -0.39 is 0 Å². The summed E-state index contributed by atoms with van der Waals surface area (Å²) in [7, 11) is 2.06. The Morgan fingerprint density at radius 2 is 2.10 bits per heavy atom. The van der Waals surface area contributed by atoms with Crippen molar-refractivity contribution in [3.63, 3.8) is 0 Å². The molecule has 1 heterocycles. The Bertz CT molecular complexity index is 448. The summed E-state index contributed by atoms with van der Waals surface area (Å²) in [6.07, 6.45) is 0. The van der Waals surface area contributed by atoms with Crippen LogP contribution in [-0.2, 0) is 0 Å². The van der Waals surface area contributed by atoms with Gasteiger partial charge in [-0.05, 0) is 25.2 Å². The number of carbonyl (C=O) groups is 1. The van der Waals surface area contributed by atoms with Crippen LogP contribution in [-0.4, -0.2) is 62.2 Å². The Morgan fingerprint density at radius 1 is 1.35 bits per heavy atom. The Labute approximate surface area is 124 Å². The normalized spacial score (nSPS) is 16.0. The van der Waals surface area contributed by atoms with Gasteiger partial charge < -0.3 is 19.9 Å². The van der Waals surface area contributed by atoms with Crippen LogP contribution in [0.15, 0.2) is 24.3 Å². The first kappa shape index (κ1) is 14.9. The number of nitrogens with zero attached hydrogens (tertiary/aromatic N) is 2. The Hall–Kier alpha value is -1.46. The maximum absolute atomic E-state index is 11.9. The summed E-state index contributed by atoms with van der Waals surface area (Å²) in [4.78, 5) is 15.9. The average Bonchev–Trinajstić information content (AvgIpc) is 2.44. The van der Waals surface area contributed by atoms with Crippen LogP contribution in [0, 0.1) is 0 Å². The van der Waals surface area contributed by atoms with Crippen LogP contribution >= 0.6 is 11.6 Å². The second-order valence-corrected chi connectivity index (χ2v) is 5.26. The summed E-state index contributed by atoms with van der Waals surface area (Å²) in [6.45, 7) is 4.31. The largest absolute Gasteiger partial charge is 0.492 e. The molecule has 6 heteroatoms. The first-order chi connectivity index (χ1) is 9.65. The highest BCUT2D eigenvalue weighted by Crippen LogP contribution is 2.16. The molecule has 0 atom stereocenters. The highest BCUT2D eigenvalue weighted by atomic mass is 35.5. The SMILES string of the molecule is CN1CCN(C(=O)NCCOc2cccc(Cl)c2)CC1. The first-order valence-electron chi connectivity index (χ1n) is 6.75. The van der Waals surface area contributed by atoms with Gasteiger partial charge in [-0.2, -0.15) is 0 Å². The van der Waals surface area contributed by atoms with E-state index in [-0.39, 0.29) is 6.03 Å². The number of benzene rings is 1. The number of hydrogen-bond donors (Lipinski definition) is 1. The molecular formula is C14H20ClN3O2. The van der Waals surface area contributed by atoms with Crippen molar-refractivity contribution >= 4 is 17.6 Å². The molecule has 1 aliphatic rings. The number of rotatable bonds is 4. The van der Waals surface area contributed by atoms with Gasteiger partial charge in [-0.3, -0.25) is 0 Å². The molecule has 0 saturated carbocycles. The lowest BCUT2D eigenvalue weighted by atomic mass is 10.3. The van der Waals surface area contributed by atoms with Crippen LogP contribution in [0.5, 0.6) is 5.75 Å². The van der Waals surface area contributed by atoms with Gasteiger partial charge in [-0.25, -0.2) is 4.79 Å². The number of carbonyl (C=O) groups excluding carboxylic acids is 1. The number of urea groups is 1. The highest BCUT2D eigenvalue weighted by Gasteiger charge is 2.18. The second kappa shape index (κ2) is 7.36. The van der Waals surface area contributed by atoms with Gasteiger partial charge in [0.1, 0.15) is 12.4 Å². The van der Waals surface area contributed by atoms with E-state index >= 15 is 0 Å². The molecule has 0 bridgehead atoms. The van der Waals surface area contributed by atoms with E-state index in [1.807, 2.05) is 17.0 Å². The zero-order valence-corrected chi connectivity index (χ0v) is 12.4. The third-order valence-electron chi connectivity index (χ3n) is 3.23. The quantitative estimate of drug-likeness (QED) is 0.860. The van der Waals surface area contributed by atoms with E-state index in [0.29, 0.717) is 23.9 Å². The maximum atomic E-state index is 11.9. The molecule has 5 nitrogen and oxygen atoms in total. The van der Waals surface area contributed by atoms with E-state index in [9.17, 15) is 4.79 Å². The summed E-state index contributed by atoms with van der Waals surface area (Å²) < 4.78 is 5.52. The van der Waals surface area contributed by atoms with Crippen LogP contribution in [0.2, 0.25) is 5.02 Å². The molecule has 110 valence electrons. The molecule has 0 spiro atoms. The molecule has 0 unspecified atom stereocenters. The van der Waals surface area contributed by atoms with Gasteiger partial charge in [0.25, 0.3) is 0 Å². The van der Waals surface area contributed by atoms with Crippen molar-refractivity contribution < 1.29 is 9.53 Å². The Balaban J connectivity index is 1.64. The Morgan fingerprint density at radius 3 is 2.80 bits per heavy atom. The van der Waals surface area contributed by atoms with Crippen molar-refractivity contribution in [2.75, 3.05) is 46.4 Å². The summed E-state index contributed by atoms with van der Waals surface area (Å²) in [5, 5.41) is 3.51. The summed E-state index contributed by atoms with van der Waals surface area (Å²) in [5.74, 6) is 0.714. The van der Waals surface area contributed by atoms with Crippen molar-refractivity contribution in [1.29, 1.82) is 0 Å². The van der Waals surface area contributed by atoms with E-state index in [4.69, 9.17) is 16.3 Å². The molecular weight excluding hydrogens is 278 g/mol. The zero-order valence-electron chi connectivity index (χ0n) is 11.6. The van der Waals surface area contributed by atoms with Gasteiger partial charge in [0.15, 0.2) is 0 Å². The van der Waals surface area contributed by atoms with Crippen LogP contribution in [0.25, 0.3) is 0 Å². The van der Waals surface area contributed by atoms with Crippen molar-refractivity contribution in [2.24, 2.45) is 0 Å². The van der Waals surface area contributed by atoms with Crippen molar-refractivity contribution in [3.8, 4) is 5.75 Å². The fourth-order valence-corrected chi connectivity index (χ4v) is 2.19. The molecule has 2 amide bonds. The molecule has 20 heavy (non-hydrogen) atoms. The lowest BCUT2D eigenvalue weighted by molar-refractivity contribution is 0.153. The zero-order chi connectivity index (χ0) is 14.4. The maximum Gasteiger partial charge on any atom is 0.317 e. The van der Waals surface area contributed by atoms with E-state index in [0.717, 1.165) is 26.2 Å². The predicted octanol–water partition coefficient (Wildman–Crippen LogP) is 1.68. The van der Waals surface area contributed by atoms with Crippen LogP contribution in [0.4, 0.5) is 4.79 Å². The molecule has 1 N–H and O–H groups in total. The van der Waals surface area contributed by atoms with Gasteiger partial charge in [0.2, 0.25) is 0 Å². The van der Waals surface area contributed by atoms with E-state index in [1.165, 1.54) is 0 Å². The number of nitrogens with one attached hydrogen (secondary N) is 1. The fourth-order valence-electron chi connectivity index (χ4n) is 2.00. The van der Waals surface area contributed by atoms with Crippen LogP contribution < -0.4 is 10.1 Å². The van der Waals surface area contributed by atoms with Crippen LogP contribution in [0.1, 0.15) is 0 Å². The molecule has 1 aromatic rings. The molecule has 2 rings (SSSR count). The number of likely N-dealkylation sites (N-methyl/N-ethyl adjacent to an activating group) is 1. The second-order valence-electron chi connectivity index (χ2n) is 4.83. The third-order valence-corrected chi connectivity index (χ3v) is 3.47. The van der Waals surface area contributed by atoms with Crippen LogP contribution in [0.3, 0.4) is 0 Å². The van der Waals surface area contributed by atoms with Gasteiger partial charge in [-0.1, -0.05) is 17.7 Å². The van der Waals surface area contributed by atoms with Gasteiger partial charge in [0.05, 0.1) is 6.54 Å². The lowest BCUT2D eigenvalue weighted by Gasteiger charge is -2.32. The number of piperazine rings is 1. The molecule has 1 saturated heterocycles. The van der Waals surface area contributed by atoms with E-state index in [2.05, 4.69) is 17.3 Å².